The Bertz CT molecular complexity index is 1040. The minimum absolute atomic E-state index is 0.176. The normalized spacial score (nSPS) is 12.3. The summed E-state index contributed by atoms with van der Waals surface area (Å²) in [7, 11) is 0. The highest BCUT2D eigenvalue weighted by molar-refractivity contribution is 7.98. The molecule has 0 aliphatic carbocycles. The number of hydrogen-bond acceptors (Lipinski definition) is 8. The zero-order valence-corrected chi connectivity index (χ0v) is 17.1. The molecule has 2 aromatic heterocycles. The van der Waals surface area contributed by atoms with Gasteiger partial charge in [0, 0.05) is 18.7 Å². The molecular formula is C19H22N6O3S. The van der Waals surface area contributed by atoms with E-state index in [4.69, 9.17) is 9.47 Å². The van der Waals surface area contributed by atoms with Gasteiger partial charge in [0.2, 0.25) is 6.79 Å². The lowest BCUT2D eigenvalue weighted by atomic mass is 10.2. The van der Waals surface area contributed by atoms with Crippen LogP contribution in [0.5, 0.6) is 11.5 Å². The van der Waals surface area contributed by atoms with Crippen LogP contribution >= 0.6 is 11.8 Å². The number of nitrogens with zero attached hydrogens (tertiary/aromatic N) is 4. The smallest absolute Gasteiger partial charge is 0.251 e. The predicted molar refractivity (Wildman–Crippen MR) is 111 cm³/mol. The van der Waals surface area contributed by atoms with Gasteiger partial charge in [-0.2, -0.15) is 5.10 Å². The first-order chi connectivity index (χ1) is 14.2. The minimum Gasteiger partial charge on any atom is -0.454 e. The number of fused-ring (bicyclic) bond motifs is 2. The lowest BCUT2D eigenvalue weighted by Gasteiger charge is -2.09. The van der Waals surface area contributed by atoms with Gasteiger partial charge in [-0.1, -0.05) is 18.7 Å². The van der Waals surface area contributed by atoms with Crippen LogP contribution in [0.2, 0.25) is 0 Å². The molecule has 4 rings (SSSR count). The Hall–Kier alpha value is -3.01. The monoisotopic (exact) mass is 414 g/mol. The van der Waals surface area contributed by atoms with Crippen LogP contribution in [0, 0.1) is 0 Å². The summed E-state index contributed by atoms with van der Waals surface area (Å²) in [5.74, 6) is 1.85. The van der Waals surface area contributed by atoms with Gasteiger partial charge in [-0.3, -0.25) is 4.79 Å². The van der Waals surface area contributed by atoms with Crippen molar-refractivity contribution < 1.29 is 14.3 Å². The van der Waals surface area contributed by atoms with E-state index in [1.165, 1.54) is 11.8 Å². The van der Waals surface area contributed by atoms with Gasteiger partial charge in [0.15, 0.2) is 22.3 Å². The van der Waals surface area contributed by atoms with Crippen LogP contribution in [0.15, 0.2) is 29.6 Å². The molecule has 10 heteroatoms. The number of amides is 1. The second kappa shape index (κ2) is 8.56. The Labute approximate surface area is 172 Å². The molecule has 0 unspecified atom stereocenters. The average molecular weight is 414 g/mol. The standard InChI is InChI=1S/C19H22N6O3S/c1-3-6-20-16-13-10-22-25(17(13)24-19(23-16)29-2)8-7-21-18(26)12-4-5-14-15(9-12)28-11-27-14/h4-5,9-10H,3,6-8,11H2,1-2H3,(H,21,26)(H,20,23,24). The molecule has 3 aromatic rings. The Morgan fingerprint density at radius 1 is 1.24 bits per heavy atom. The number of carbonyl (C=O) groups excluding carboxylic acids is 1. The number of anilines is 1. The maximum Gasteiger partial charge on any atom is 0.251 e. The van der Waals surface area contributed by atoms with Gasteiger partial charge in [0.05, 0.1) is 18.1 Å². The van der Waals surface area contributed by atoms with Crippen molar-refractivity contribution in [3.8, 4) is 11.5 Å². The number of nitrogens with one attached hydrogen (secondary N) is 2. The Kier molecular flexibility index (Phi) is 5.70. The van der Waals surface area contributed by atoms with Crippen LogP contribution in [-0.2, 0) is 6.54 Å². The molecule has 0 fully saturated rings. The van der Waals surface area contributed by atoms with Crippen molar-refractivity contribution in [2.75, 3.05) is 31.5 Å². The van der Waals surface area contributed by atoms with E-state index in [9.17, 15) is 4.79 Å². The first-order valence-corrected chi connectivity index (χ1v) is 10.6. The van der Waals surface area contributed by atoms with Crippen molar-refractivity contribution in [1.82, 2.24) is 25.1 Å². The first kappa shape index (κ1) is 19.3. The van der Waals surface area contributed by atoms with E-state index in [1.807, 2.05) is 6.26 Å². The number of aromatic nitrogens is 4. The van der Waals surface area contributed by atoms with Gasteiger partial charge in [-0.05, 0) is 30.9 Å². The third-order valence-electron chi connectivity index (χ3n) is 4.44. The maximum atomic E-state index is 12.4. The molecule has 0 bridgehead atoms. The van der Waals surface area contributed by atoms with Crippen molar-refractivity contribution in [3.63, 3.8) is 0 Å². The summed E-state index contributed by atoms with van der Waals surface area (Å²) in [5, 5.41) is 12.2. The second-order valence-corrected chi connectivity index (χ2v) is 7.19. The van der Waals surface area contributed by atoms with Crippen molar-refractivity contribution in [2.45, 2.75) is 25.0 Å². The van der Waals surface area contributed by atoms with Crippen molar-refractivity contribution in [2.24, 2.45) is 0 Å². The largest absolute Gasteiger partial charge is 0.454 e. The van der Waals surface area contributed by atoms with Crippen LogP contribution in [0.4, 0.5) is 5.82 Å². The topological polar surface area (TPSA) is 103 Å². The van der Waals surface area contributed by atoms with E-state index >= 15 is 0 Å². The molecule has 9 nitrogen and oxygen atoms in total. The zero-order valence-electron chi connectivity index (χ0n) is 16.3. The van der Waals surface area contributed by atoms with E-state index in [0.717, 1.165) is 29.8 Å². The Balaban J connectivity index is 1.45. The van der Waals surface area contributed by atoms with Gasteiger partial charge in [-0.25, -0.2) is 14.6 Å². The molecule has 3 heterocycles. The van der Waals surface area contributed by atoms with Gasteiger partial charge < -0.3 is 20.1 Å². The molecule has 0 atom stereocenters. The number of hydrogen-bond donors (Lipinski definition) is 2. The number of carbonyl (C=O) groups is 1. The summed E-state index contributed by atoms with van der Waals surface area (Å²) in [6.07, 6.45) is 4.70. The number of ether oxygens (including phenoxy) is 2. The Morgan fingerprint density at radius 3 is 2.93 bits per heavy atom. The van der Waals surface area contributed by atoms with E-state index in [0.29, 0.717) is 35.3 Å². The van der Waals surface area contributed by atoms with Crippen LogP contribution < -0.4 is 20.1 Å². The summed E-state index contributed by atoms with van der Waals surface area (Å²) >= 11 is 1.48. The van der Waals surface area contributed by atoms with Crippen LogP contribution in [0.25, 0.3) is 11.0 Å². The Morgan fingerprint density at radius 2 is 2.10 bits per heavy atom. The molecule has 152 valence electrons. The molecule has 1 aliphatic heterocycles. The zero-order chi connectivity index (χ0) is 20.2. The molecule has 0 radical (unpaired) electrons. The SMILES string of the molecule is CCCNc1nc(SC)nc2c1cnn2CCNC(=O)c1ccc2c(c1)OCO2. The summed E-state index contributed by atoms with van der Waals surface area (Å²) in [6.45, 7) is 4.03. The molecule has 0 spiro atoms. The van der Waals surface area contributed by atoms with Crippen LogP contribution in [0.1, 0.15) is 23.7 Å². The summed E-state index contributed by atoms with van der Waals surface area (Å²) in [4.78, 5) is 21.6. The molecule has 0 saturated carbocycles. The van der Waals surface area contributed by atoms with Crippen LogP contribution in [-0.4, -0.2) is 51.8 Å². The second-order valence-electron chi connectivity index (χ2n) is 6.41. The summed E-state index contributed by atoms with van der Waals surface area (Å²) < 4.78 is 12.4. The van der Waals surface area contributed by atoms with E-state index in [-0.39, 0.29) is 12.7 Å². The molecular weight excluding hydrogens is 392 g/mol. The average Bonchev–Trinajstić information content (AvgIpc) is 3.38. The van der Waals surface area contributed by atoms with Gasteiger partial charge >= 0.3 is 0 Å². The lowest BCUT2D eigenvalue weighted by molar-refractivity contribution is 0.0951. The molecule has 1 aliphatic rings. The summed E-state index contributed by atoms with van der Waals surface area (Å²) in [5.41, 5.74) is 1.28. The van der Waals surface area contributed by atoms with Crippen molar-refractivity contribution in [3.05, 3.63) is 30.0 Å². The van der Waals surface area contributed by atoms with E-state index < -0.39 is 0 Å². The van der Waals surface area contributed by atoms with Crippen LogP contribution in [0.3, 0.4) is 0 Å². The molecule has 1 aromatic carbocycles. The highest BCUT2D eigenvalue weighted by atomic mass is 32.2. The highest BCUT2D eigenvalue weighted by Crippen LogP contribution is 2.32. The van der Waals surface area contributed by atoms with Gasteiger partial charge in [0.25, 0.3) is 5.91 Å². The number of thioether (sulfide) groups is 1. The fourth-order valence-corrected chi connectivity index (χ4v) is 3.34. The molecule has 1 amide bonds. The number of benzene rings is 1. The third kappa shape index (κ3) is 4.07. The molecule has 29 heavy (non-hydrogen) atoms. The van der Waals surface area contributed by atoms with Crippen molar-refractivity contribution >= 4 is 34.5 Å². The fraction of sp³-hybridized carbons (Fsp3) is 0.368. The van der Waals surface area contributed by atoms with Gasteiger partial charge in [-0.15, -0.1) is 0 Å². The predicted octanol–water partition coefficient (Wildman–Crippen LogP) is 2.53. The van der Waals surface area contributed by atoms with E-state index in [2.05, 4.69) is 32.6 Å². The van der Waals surface area contributed by atoms with Crippen molar-refractivity contribution in [1.29, 1.82) is 0 Å². The number of rotatable bonds is 8. The highest BCUT2D eigenvalue weighted by Gasteiger charge is 2.16. The fourth-order valence-electron chi connectivity index (χ4n) is 2.98. The maximum absolute atomic E-state index is 12.4. The third-order valence-corrected chi connectivity index (χ3v) is 4.99. The lowest BCUT2D eigenvalue weighted by Crippen LogP contribution is -2.27. The summed E-state index contributed by atoms with van der Waals surface area (Å²) in [6, 6.07) is 5.14. The quantitative estimate of drug-likeness (QED) is 0.428. The molecule has 0 saturated heterocycles. The minimum atomic E-state index is -0.176. The van der Waals surface area contributed by atoms with Gasteiger partial charge in [0.1, 0.15) is 5.82 Å². The first-order valence-electron chi connectivity index (χ1n) is 9.39. The molecule has 2 N–H and O–H groups in total. The van der Waals surface area contributed by atoms with E-state index in [1.54, 1.807) is 29.1 Å².